The molecule has 2 fully saturated rings. The average molecular weight is 544 g/mol. The zero-order chi connectivity index (χ0) is 26.9. The lowest BCUT2D eigenvalue weighted by Crippen LogP contribution is -2.27. The van der Waals surface area contributed by atoms with Crippen molar-refractivity contribution in [3.05, 3.63) is 71.1 Å². The van der Waals surface area contributed by atoms with Crippen molar-refractivity contribution in [1.82, 2.24) is 29.5 Å². The molecule has 0 bridgehead atoms. The van der Waals surface area contributed by atoms with Gasteiger partial charge in [-0.1, -0.05) is 30.8 Å². The molecule has 1 aliphatic carbocycles. The maximum atomic E-state index is 14.1. The number of nitrogens with zero attached hydrogens (tertiary/aromatic N) is 6. The largest absolute Gasteiger partial charge is 0.418 e. The van der Waals surface area contributed by atoms with E-state index in [1.54, 1.807) is 18.0 Å². The Kier molecular flexibility index (Phi) is 7.67. The number of hydrogen-bond donors (Lipinski definition) is 1. The van der Waals surface area contributed by atoms with Crippen molar-refractivity contribution in [2.24, 2.45) is 13.0 Å². The molecule has 3 aromatic rings. The minimum absolute atomic E-state index is 0.0235. The van der Waals surface area contributed by atoms with Crippen LogP contribution in [0.1, 0.15) is 66.4 Å². The van der Waals surface area contributed by atoms with Crippen LogP contribution in [-0.4, -0.2) is 54.8 Å². The van der Waals surface area contributed by atoms with E-state index < -0.39 is 11.7 Å². The molecule has 3 heterocycles. The Morgan fingerprint density at radius 1 is 1.18 bits per heavy atom. The Morgan fingerprint density at radius 2 is 2.00 bits per heavy atom. The highest BCUT2D eigenvalue weighted by molar-refractivity contribution is 7.78. The highest BCUT2D eigenvalue weighted by Gasteiger charge is 2.36. The van der Waals surface area contributed by atoms with E-state index in [2.05, 4.69) is 31.5 Å². The number of alkyl halides is 3. The normalized spacial score (nSPS) is 18.3. The van der Waals surface area contributed by atoms with Gasteiger partial charge in [-0.25, -0.2) is 0 Å². The Bertz CT molecular complexity index is 1270. The van der Waals surface area contributed by atoms with Crippen LogP contribution in [0.4, 0.5) is 18.9 Å². The number of pyridine rings is 1. The molecule has 202 valence electrons. The number of aromatic nitrogens is 4. The molecule has 5 rings (SSSR count). The summed E-state index contributed by atoms with van der Waals surface area (Å²) in [4.78, 5) is 8.34. The number of thiocarbonyl (C=S) groups is 1. The van der Waals surface area contributed by atoms with Crippen LogP contribution >= 0.6 is 12.2 Å². The monoisotopic (exact) mass is 543 g/mol. The fraction of sp³-hybridized carbons (Fsp3) is 0.481. The third-order valence-electron chi connectivity index (χ3n) is 7.87. The molecule has 11 heteroatoms. The molecule has 0 amide bonds. The lowest BCUT2D eigenvalue weighted by molar-refractivity contribution is -0.138. The van der Waals surface area contributed by atoms with Crippen molar-refractivity contribution < 1.29 is 13.2 Å². The van der Waals surface area contributed by atoms with Gasteiger partial charge in [0.25, 0.3) is 0 Å². The van der Waals surface area contributed by atoms with E-state index in [9.17, 15) is 13.2 Å². The van der Waals surface area contributed by atoms with Gasteiger partial charge in [0.05, 0.1) is 30.0 Å². The van der Waals surface area contributed by atoms with E-state index in [-0.39, 0.29) is 24.2 Å². The molecule has 0 unspecified atom stereocenters. The summed E-state index contributed by atoms with van der Waals surface area (Å²) in [6.45, 7) is 3.98. The molecule has 1 aromatic carbocycles. The van der Waals surface area contributed by atoms with Crippen molar-refractivity contribution in [2.45, 2.75) is 50.9 Å². The van der Waals surface area contributed by atoms with Crippen molar-refractivity contribution >= 4 is 23.4 Å². The second-order valence-electron chi connectivity index (χ2n) is 10.3. The van der Waals surface area contributed by atoms with Gasteiger partial charge in [0.2, 0.25) is 0 Å². The first-order valence-electron chi connectivity index (χ1n) is 12.9. The third-order valence-corrected chi connectivity index (χ3v) is 8.16. The number of hydrogen-bond acceptors (Lipinski definition) is 6. The van der Waals surface area contributed by atoms with Crippen LogP contribution in [0.25, 0.3) is 0 Å². The number of rotatable bonds is 9. The predicted octanol–water partition coefficient (Wildman–Crippen LogP) is 5.37. The summed E-state index contributed by atoms with van der Waals surface area (Å²) >= 11 is 4.99. The minimum atomic E-state index is -4.51. The van der Waals surface area contributed by atoms with Crippen LogP contribution < -0.4 is 5.32 Å². The summed E-state index contributed by atoms with van der Waals surface area (Å²) in [6.07, 6.45) is 2.20. The van der Waals surface area contributed by atoms with Crippen LogP contribution in [0.3, 0.4) is 0 Å². The second-order valence-corrected chi connectivity index (χ2v) is 10.5. The van der Waals surface area contributed by atoms with Gasteiger partial charge in [0.15, 0.2) is 0 Å². The van der Waals surface area contributed by atoms with Crippen molar-refractivity contribution in [3.8, 4) is 0 Å². The van der Waals surface area contributed by atoms with Crippen molar-refractivity contribution in [1.29, 1.82) is 0 Å². The van der Waals surface area contributed by atoms with Crippen molar-refractivity contribution in [3.63, 3.8) is 0 Å². The van der Waals surface area contributed by atoms with Crippen LogP contribution in [0, 0.1) is 5.92 Å². The quantitative estimate of drug-likeness (QED) is 0.364. The van der Waals surface area contributed by atoms with Gasteiger partial charge in [-0.05, 0) is 55.0 Å². The molecule has 38 heavy (non-hydrogen) atoms. The molecule has 2 aliphatic rings. The summed E-state index contributed by atoms with van der Waals surface area (Å²) < 4.78 is 44.2. The average Bonchev–Trinajstić information content (AvgIpc) is 3.53. The van der Waals surface area contributed by atoms with E-state index >= 15 is 0 Å². The van der Waals surface area contributed by atoms with Gasteiger partial charge in [-0.3, -0.25) is 9.88 Å². The molecule has 7 nitrogen and oxygen atoms in total. The fourth-order valence-electron chi connectivity index (χ4n) is 5.38. The minimum Gasteiger partial charge on any atom is -0.379 e. The summed E-state index contributed by atoms with van der Waals surface area (Å²) in [7, 11) is 1.94. The van der Waals surface area contributed by atoms with Crippen LogP contribution in [0.2, 0.25) is 0 Å². The van der Waals surface area contributed by atoms with Crippen molar-refractivity contribution in [2.75, 3.05) is 25.1 Å². The van der Waals surface area contributed by atoms with E-state index in [1.807, 2.05) is 41.6 Å². The first-order chi connectivity index (χ1) is 18.2. The molecule has 2 aromatic heterocycles. The number of aryl methyl sites for hydroxylation is 1. The molecular formula is C27H32F3N7S. The van der Waals surface area contributed by atoms with Gasteiger partial charge in [-0.15, -0.1) is 10.2 Å². The molecule has 1 N–H and O–H groups in total. The number of benzene rings is 1. The standard InChI is InChI=1S/C27H32F3N7S/c1-18(37-10-9-36(16-37)17-38)21-12-23(27(28,29)30)24(32-13-21)14-31-22-8-4-7-20(11-22)25(19-5-3-6-19)26-34-33-15-35(26)2/h4,7-8,11-13,15,17-19,25,31H,3,5-6,9-10,14,16H2,1-2H3/t18-,25+/m0/s1. The maximum absolute atomic E-state index is 14.1. The highest BCUT2D eigenvalue weighted by atomic mass is 32.1. The van der Waals surface area contributed by atoms with E-state index in [0.717, 1.165) is 43.0 Å². The Hall–Kier alpha value is -3.05. The molecule has 0 radical (unpaired) electrons. The highest BCUT2D eigenvalue weighted by Crippen LogP contribution is 2.43. The molecule has 0 spiro atoms. The molecule has 1 aliphatic heterocycles. The van der Waals surface area contributed by atoms with Crippen LogP contribution in [0.5, 0.6) is 0 Å². The topological polar surface area (TPSA) is 62.1 Å². The second kappa shape index (κ2) is 11.0. The zero-order valence-electron chi connectivity index (χ0n) is 21.5. The van der Waals surface area contributed by atoms with Gasteiger partial charge in [-0.2, -0.15) is 13.2 Å². The lowest BCUT2D eigenvalue weighted by atomic mass is 9.72. The summed E-state index contributed by atoms with van der Waals surface area (Å²) in [6, 6.07) is 8.91. The summed E-state index contributed by atoms with van der Waals surface area (Å²) in [5.74, 6) is 1.49. The van der Waals surface area contributed by atoms with E-state index in [0.29, 0.717) is 18.2 Å². The number of anilines is 1. The number of nitrogens with one attached hydrogen (secondary N) is 1. The first-order valence-corrected chi connectivity index (χ1v) is 13.4. The molecule has 1 saturated carbocycles. The molecule has 2 atom stereocenters. The van der Waals surface area contributed by atoms with Crippen LogP contribution in [-0.2, 0) is 19.8 Å². The summed E-state index contributed by atoms with van der Waals surface area (Å²) in [5, 5.41) is 11.6. The smallest absolute Gasteiger partial charge is 0.379 e. The van der Waals surface area contributed by atoms with Gasteiger partial charge < -0.3 is 14.8 Å². The first kappa shape index (κ1) is 26.6. The third kappa shape index (κ3) is 5.54. The Morgan fingerprint density at radius 3 is 2.63 bits per heavy atom. The van der Waals surface area contributed by atoms with Gasteiger partial charge in [0, 0.05) is 44.0 Å². The van der Waals surface area contributed by atoms with E-state index in [1.165, 1.54) is 12.5 Å². The maximum Gasteiger partial charge on any atom is 0.418 e. The molecule has 1 saturated heterocycles. The Balaban J connectivity index is 1.35. The molecular weight excluding hydrogens is 511 g/mol. The number of halogens is 3. The van der Waals surface area contributed by atoms with E-state index in [4.69, 9.17) is 12.2 Å². The lowest BCUT2D eigenvalue weighted by Gasteiger charge is -2.33. The zero-order valence-corrected chi connectivity index (χ0v) is 22.3. The van der Waals surface area contributed by atoms with Crippen LogP contribution in [0.15, 0.2) is 42.9 Å². The SMILES string of the molecule is C[C@@H](c1cnc(CNc2cccc([C@H](c3nncn3C)C3CCC3)c2)c(C(F)(F)F)c1)N1CCN(C=S)C1. The Labute approximate surface area is 226 Å². The summed E-state index contributed by atoms with van der Waals surface area (Å²) in [5.41, 5.74) is 3.24. The predicted molar refractivity (Wildman–Crippen MR) is 144 cm³/mol. The van der Waals surface area contributed by atoms with Gasteiger partial charge >= 0.3 is 6.18 Å². The fourth-order valence-corrected chi connectivity index (χ4v) is 5.55. The van der Waals surface area contributed by atoms with Gasteiger partial charge in [0.1, 0.15) is 12.2 Å².